The first-order valence-electron chi connectivity index (χ1n) is 5.45. The number of nitrogens with zero attached hydrogens (tertiary/aromatic N) is 2. The van der Waals surface area contributed by atoms with Gasteiger partial charge in [0.2, 0.25) is 0 Å². The van der Waals surface area contributed by atoms with Gasteiger partial charge in [0.25, 0.3) is 0 Å². The monoisotopic (exact) mass is 232 g/mol. The van der Waals surface area contributed by atoms with Crippen LogP contribution in [0.15, 0.2) is 24.4 Å². The summed E-state index contributed by atoms with van der Waals surface area (Å²) in [5.41, 5.74) is 9.10. The van der Waals surface area contributed by atoms with Gasteiger partial charge in [-0.1, -0.05) is 17.7 Å². The lowest BCUT2D eigenvalue weighted by Gasteiger charge is -2.12. The van der Waals surface area contributed by atoms with Gasteiger partial charge in [0.05, 0.1) is 25.0 Å². The van der Waals surface area contributed by atoms with E-state index in [-0.39, 0.29) is 6.04 Å². The lowest BCUT2D eigenvalue weighted by molar-refractivity contribution is 0.408. The number of hydrogen-bond acceptors (Lipinski definition) is 4. The zero-order chi connectivity index (χ0) is 12.3. The van der Waals surface area contributed by atoms with E-state index in [1.54, 1.807) is 13.3 Å². The van der Waals surface area contributed by atoms with Gasteiger partial charge in [-0.3, -0.25) is 0 Å². The molecule has 1 unspecified atom stereocenters. The molecule has 1 heterocycles. The van der Waals surface area contributed by atoms with Crippen molar-refractivity contribution < 1.29 is 4.74 Å². The van der Waals surface area contributed by atoms with E-state index in [9.17, 15) is 0 Å². The summed E-state index contributed by atoms with van der Waals surface area (Å²) in [7, 11) is 1.66. The molecule has 0 aliphatic heterocycles. The molecule has 5 heteroatoms. The van der Waals surface area contributed by atoms with Gasteiger partial charge in [-0.05, 0) is 25.0 Å². The molecule has 3 N–H and O–H groups in total. The Morgan fingerprint density at radius 2 is 2.29 bits per heavy atom. The minimum absolute atomic E-state index is 0.176. The Morgan fingerprint density at radius 1 is 1.47 bits per heavy atom. The average molecular weight is 232 g/mol. The quantitative estimate of drug-likeness (QED) is 0.834. The number of aromatic amines is 1. The summed E-state index contributed by atoms with van der Waals surface area (Å²) in [4.78, 5) is 0. The maximum absolute atomic E-state index is 6.07. The Morgan fingerprint density at radius 3 is 2.94 bits per heavy atom. The minimum atomic E-state index is -0.176. The number of nitrogens with one attached hydrogen (secondary N) is 1. The van der Waals surface area contributed by atoms with Crippen LogP contribution in [-0.2, 0) is 6.42 Å². The predicted octanol–water partition coefficient (Wildman–Crippen LogP) is 1.36. The molecule has 0 radical (unpaired) electrons. The van der Waals surface area contributed by atoms with Crippen LogP contribution >= 0.6 is 0 Å². The fourth-order valence-corrected chi connectivity index (χ4v) is 1.80. The number of ether oxygens (including phenoxy) is 1. The summed E-state index contributed by atoms with van der Waals surface area (Å²) in [5.74, 6) is 0.856. The van der Waals surface area contributed by atoms with Crippen LogP contribution in [0.3, 0.4) is 0 Å². The van der Waals surface area contributed by atoms with E-state index in [0.29, 0.717) is 6.42 Å². The molecule has 2 aromatic rings. The van der Waals surface area contributed by atoms with Crippen LogP contribution in [0.2, 0.25) is 0 Å². The zero-order valence-corrected chi connectivity index (χ0v) is 9.97. The summed E-state index contributed by atoms with van der Waals surface area (Å²) in [5, 5.41) is 10.3. The van der Waals surface area contributed by atoms with Crippen molar-refractivity contribution in [3.63, 3.8) is 0 Å². The van der Waals surface area contributed by atoms with Gasteiger partial charge in [-0.2, -0.15) is 15.4 Å². The highest BCUT2D eigenvalue weighted by molar-refractivity contribution is 5.37. The van der Waals surface area contributed by atoms with Gasteiger partial charge in [0.1, 0.15) is 5.75 Å². The molecule has 1 aromatic heterocycles. The molecule has 0 aliphatic rings. The van der Waals surface area contributed by atoms with Gasteiger partial charge in [-0.15, -0.1) is 0 Å². The number of aryl methyl sites for hydroxylation is 1. The van der Waals surface area contributed by atoms with Crippen LogP contribution < -0.4 is 10.5 Å². The minimum Gasteiger partial charge on any atom is -0.496 e. The maximum Gasteiger partial charge on any atom is 0.122 e. The molecule has 17 heavy (non-hydrogen) atoms. The predicted molar refractivity (Wildman–Crippen MR) is 64.7 cm³/mol. The average Bonchev–Trinajstić information content (AvgIpc) is 2.83. The number of benzene rings is 1. The van der Waals surface area contributed by atoms with Gasteiger partial charge in [0.15, 0.2) is 0 Å². The van der Waals surface area contributed by atoms with Gasteiger partial charge in [0, 0.05) is 0 Å². The van der Waals surface area contributed by atoms with Gasteiger partial charge in [-0.25, -0.2) is 0 Å². The number of nitrogens with two attached hydrogens (primary N) is 1. The molecule has 90 valence electrons. The summed E-state index contributed by atoms with van der Waals surface area (Å²) in [6.07, 6.45) is 2.32. The van der Waals surface area contributed by atoms with E-state index in [0.717, 1.165) is 17.0 Å². The van der Waals surface area contributed by atoms with Crippen LogP contribution in [-0.4, -0.2) is 22.5 Å². The van der Waals surface area contributed by atoms with Crippen molar-refractivity contribution >= 4 is 0 Å². The number of H-pyrrole nitrogens is 1. The first kappa shape index (κ1) is 11.6. The number of rotatable bonds is 4. The molecular weight excluding hydrogens is 216 g/mol. The molecule has 0 saturated carbocycles. The van der Waals surface area contributed by atoms with E-state index in [4.69, 9.17) is 10.5 Å². The third kappa shape index (κ3) is 2.62. The van der Waals surface area contributed by atoms with Crippen LogP contribution in [0.1, 0.15) is 22.9 Å². The molecule has 0 fully saturated rings. The summed E-state index contributed by atoms with van der Waals surface area (Å²) < 4.78 is 5.32. The lowest BCUT2D eigenvalue weighted by Crippen LogP contribution is -2.14. The van der Waals surface area contributed by atoms with Crippen molar-refractivity contribution in [3.05, 3.63) is 41.2 Å². The molecule has 0 bridgehead atoms. The molecule has 1 atom stereocenters. The topological polar surface area (TPSA) is 76.8 Å². The Bertz CT molecular complexity index is 481. The van der Waals surface area contributed by atoms with Crippen LogP contribution in [0.25, 0.3) is 0 Å². The Hall–Kier alpha value is -1.88. The van der Waals surface area contributed by atoms with Crippen molar-refractivity contribution in [2.24, 2.45) is 5.73 Å². The van der Waals surface area contributed by atoms with E-state index in [1.165, 1.54) is 5.56 Å². The van der Waals surface area contributed by atoms with Gasteiger partial charge < -0.3 is 10.5 Å². The van der Waals surface area contributed by atoms with E-state index >= 15 is 0 Å². The fourth-order valence-electron chi connectivity index (χ4n) is 1.80. The first-order chi connectivity index (χ1) is 8.20. The summed E-state index contributed by atoms with van der Waals surface area (Å²) >= 11 is 0. The van der Waals surface area contributed by atoms with E-state index in [2.05, 4.69) is 21.5 Å². The van der Waals surface area contributed by atoms with Gasteiger partial charge >= 0.3 is 0 Å². The first-order valence-corrected chi connectivity index (χ1v) is 5.45. The highest BCUT2D eigenvalue weighted by Gasteiger charge is 2.13. The molecule has 1 aromatic carbocycles. The van der Waals surface area contributed by atoms with Crippen molar-refractivity contribution in [2.75, 3.05) is 7.11 Å². The molecule has 0 saturated heterocycles. The molecule has 2 rings (SSSR count). The number of hydrogen-bond donors (Lipinski definition) is 2. The zero-order valence-electron chi connectivity index (χ0n) is 9.97. The van der Waals surface area contributed by atoms with Crippen molar-refractivity contribution in [1.82, 2.24) is 15.4 Å². The second kappa shape index (κ2) is 4.97. The second-order valence-corrected chi connectivity index (χ2v) is 4.02. The molecule has 5 nitrogen and oxygen atoms in total. The molecule has 0 aliphatic carbocycles. The highest BCUT2D eigenvalue weighted by atomic mass is 16.5. The fraction of sp³-hybridized carbons (Fsp3) is 0.333. The Labute approximate surface area is 100.0 Å². The molecular formula is C12H16N4O. The smallest absolute Gasteiger partial charge is 0.122 e. The van der Waals surface area contributed by atoms with Crippen molar-refractivity contribution in [3.8, 4) is 5.75 Å². The third-order valence-corrected chi connectivity index (χ3v) is 2.69. The van der Waals surface area contributed by atoms with Crippen molar-refractivity contribution in [1.29, 1.82) is 0 Å². The summed E-state index contributed by atoms with van der Waals surface area (Å²) in [6, 6.07) is 5.88. The van der Waals surface area contributed by atoms with Crippen molar-refractivity contribution in [2.45, 2.75) is 19.4 Å². The Kier molecular flexibility index (Phi) is 3.39. The normalized spacial score (nSPS) is 12.4. The lowest BCUT2D eigenvalue weighted by atomic mass is 10.0. The Balaban J connectivity index is 2.20. The largest absolute Gasteiger partial charge is 0.496 e. The summed E-state index contributed by atoms with van der Waals surface area (Å²) in [6.45, 7) is 2.05. The highest BCUT2D eigenvalue weighted by Crippen LogP contribution is 2.23. The standard InChI is InChI=1S/C12H16N4O/c1-8-3-4-12(17-2)9(5-8)6-10(13)11-7-14-16-15-11/h3-5,7,10H,6,13H2,1-2H3,(H,14,15,16). The number of aromatic nitrogens is 3. The SMILES string of the molecule is COc1ccc(C)cc1CC(N)c1cn[nH]n1. The third-order valence-electron chi connectivity index (χ3n) is 2.69. The van der Waals surface area contributed by atoms with Crippen LogP contribution in [0.4, 0.5) is 0 Å². The number of methoxy groups -OCH3 is 1. The molecule has 0 spiro atoms. The van der Waals surface area contributed by atoms with Crippen LogP contribution in [0.5, 0.6) is 5.75 Å². The second-order valence-electron chi connectivity index (χ2n) is 4.02. The van der Waals surface area contributed by atoms with Crippen LogP contribution in [0, 0.1) is 6.92 Å². The van der Waals surface area contributed by atoms with E-state index < -0.39 is 0 Å². The molecule has 0 amide bonds. The van der Waals surface area contributed by atoms with E-state index in [1.807, 2.05) is 19.1 Å². The maximum atomic E-state index is 6.07.